The first-order chi connectivity index (χ1) is 12.1. The van der Waals surface area contributed by atoms with Gasteiger partial charge in [0.15, 0.2) is 11.6 Å². The van der Waals surface area contributed by atoms with Gasteiger partial charge in [-0.05, 0) is 48.6 Å². The number of aryl methyl sites for hydroxylation is 2. The van der Waals surface area contributed by atoms with E-state index >= 15 is 0 Å². The molecule has 1 saturated carbocycles. The second-order valence-corrected chi connectivity index (χ2v) is 6.60. The molecule has 3 heterocycles. The molecule has 1 fully saturated rings. The van der Waals surface area contributed by atoms with Crippen molar-refractivity contribution < 1.29 is 14.1 Å². The minimum Gasteiger partial charge on any atom is -0.340 e. The van der Waals surface area contributed by atoms with Crippen LogP contribution in [-0.4, -0.2) is 26.8 Å². The van der Waals surface area contributed by atoms with Crippen LogP contribution in [0.4, 0.5) is 5.82 Å². The second-order valence-electron chi connectivity index (χ2n) is 6.60. The van der Waals surface area contributed by atoms with Crippen LogP contribution in [0.1, 0.15) is 48.0 Å². The standard InChI is InChI=1S/C18H18N4O3/c1-10-20-18(22-25-10)14-7-13(8-14)15(23)4-2-11-6-12-3-5-16(24)21-17(12)19-9-11/h2,4,6,9,13-14H,3,5,7-8H2,1H3,(H,19,21,24)/b4-2+. The summed E-state index contributed by atoms with van der Waals surface area (Å²) in [5.74, 6) is 2.22. The van der Waals surface area contributed by atoms with E-state index in [1.54, 1.807) is 25.3 Å². The minimum absolute atomic E-state index is 0.00481. The maximum Gasteiger partial charge on any atom is 0.225 e. The molecule has 2 aromatic rings. The van der Waals surface area contributed by atoms with Crippen LogP contribution in [0.25, 0.3) is 6.08 Å². The van der Waals surface area contributed by atoms with Gasteiger partial charge < -0.3 is 9.84 Å². The van der Waals surface area contributed by atoms with Gasteiger partial charge in [-0.3, -0.25) is 9.59 Å². The number of pyridine rings is 1. The number of rotatable bonds is 4. The van der Waals surface area contributed by atoms with Crippen molar-refractivity contribution in [2.24, 2.45) is 5.92 Å². The van der Waals surface area contributed by atoms with Gasteiger partial charge in [0.05, 0.1) is 0 Å². The Hall–Kier alpha value is -2.83. The highest BCUT2D eigenvalue weighted by Gasteiger charge is 2.36. The van der Waals surface area contributed by atoms with E-state index in [0.717, 1.165) is 24.0 Å². The zero-order valence-corrected chi connectivity index (χ0v) is 13.9. The van der Waals surface area contributed by atoms with Crippen LogP contribution in [-0.2, 0) is 16.0 Å². The smallest absolute Gasteiger partial charge is 0.225 e. The van der Waals surface area contributed by atoms with Gasteiger partial charge in [-0.25, -0.2) is 4.98 Å². The Bertz CT molecular complexity index is 865. The summed E-state index contributed by atoms with van der Waals surface area (Å²) in [5, 5.41) is 6.67. The predicted octanol–water partition coefficient (Wildman–Crippen LogP) is 2.43. The van der Waals surface area contributed by atoms with Crippen LogP contribution >= 0.6 is 0 Å². The lowest BCUT2D eigenvalue weighted by Gasteiger charge is -2.31. The molecule has 0 spiro atoms. The first-order valence-corrected chi connectivity index (χ1v) is 8.39. The summed E-state index contributed by atoms with van der Waals surface area (Å²) in [6.07, 6.45) is 7.75. The third-order valence-corrected chi connectivity index (χ3v) is 4.76. The fourth-order valence-corrected chi connectivity index (χ4v) is 3.22. The molecule has 25 heavy (non-hydrogen) atoms. The van der Waals surface area contributed by atoms with Gasteiger partial charge in [-0.15, -0.1) is 0 Å². The highest BCUT2D eigenvalue weighted by atomic mass is 16.5. The van der Waals surface area contributed by atoms with Gasteiger partial charge in [0.1, 0.15) is 5.82 Å². The Labute approximate surface area is 144 Å². The summed E-state index contributed by atoms with van der Waals surface area (Å²) in [6, 6.07) is 1.97. The third-order valence-electron chi connectivity index (χ3n) is 4.76. The van der Waals surface area contributed by atoms with Gasteiger partial charge in [0, 0.05) is 31.4 Å². The van der Waals surface area contributed by atoms with Crippen LogP contribution in [0.5, 0.6) is 0 Å². The number of nitrogens with zero attached hydrogens (tertiary/aromatic N) is 3. The number of ketones is 1. The number of hydrogen-bond acceptors (Lipinski definition) is 6. The molecule has 1 N–H and O–H groups in total. The summed E-state index contributed by atoms with van der Waals surface area (Å²) in [5.41, 5.74) is 1.87. The average Bonchev–Trinajstić information content (AvgIpc) is 2.97. The Morgan fingerprint density at radius 1 is 1.36 bits per heavy atom. The summed E-state index contributed by atoms with van der Waals surface area (Å²) < 4.78 is 4.98. The Kier molecular flexibility index (Phi) is 3.91. The number of fused-ring (bicyclic) bond motifs is 1. The van der Waals surface area contributed by atoms with E-state index in [9.17, 15) is 9.59 Å². The first-order valence-electron chi connectivity index (χ1n) is 8.39. The number of carbonyl (C=O) groups is 2. The lowest BCUT2D eigenvalue weighted by molar-refractivity contribution is -0.121. The monoisotopic (exact) mass is 338 g/mol. The normalized spacial score (nSPS) is 22.4. The summed E-state index contributed by atoms with van der Waals surface area (Å²) >= 11 is 0. The number of aromatic nitrogens is 3. The molecule has 7 heteroatoms. The molecule has 0 atom stereocenters. The van der Waals surface area contributed by atoms with Crippen molar-refractivity contribution in [3.63, 3.8) is 0 Å². The molecule has 0 saturated heterocycles. The molecule has 1 aliphatic heterocycles. The van der Waals surface area contributed by atoms with E-state index in [-0.39, 0.29) is 23.5 Å². The van der Waals surface area contributed by atoms with E-state index in [0.29, 0.717) is 30.4 Å². The van der Waals surface area contributed by atoms with E-state index in [2.05, 4.69) is 20.4 Å². The summed E-state index contributed by atoms with van der Waals surface area (Å²) in [7, 11) is 0. The highest BCUT2D eigenvalue weighted by molar-refractivity contribution is 5.96. The number of allylic oxidation sites excluding steroid dienone is 1. The highest BCUT2D eigenvalue weighted by Crippen LogP contribution is 2.41. The maximum atomic E-state index is 12.3. The van der Waals surface area contributed by atoms with Crippen molar-refractivity contribution in [3.05, 3.63) is 41.2 Å². The molecule has 0 radical (unpaired) electrons. The van der Waals surface area contributed by atoms with Crippen molar-refractivity contribution in [2.75, 3.05) is 5.32 Å². The van der Waals surface area contributed by atoms with Crippen LogP contribution in [0, 0.1) is 12.8 Å². The molecule has 7 nitrogen and oxygen atoms in total. The number of hydrogen-bond donors (Lipinski definition) is 1. The van der Waals surface area contributed by atoms with Crippen molar-refractivity contribution in [1.82, 2.24) is 15.1 Å². The average molecular weight is 338 g/mol. The van der Waals surface area contributed by atoms with Gasteiger partial charge in [-0.2, -0.15) is 4.98 Å². The molecule has 0 unspecified atom stereocenters. The second kappa shape index (κ2) is 6.23. The van der Waals surface area contributed by atoms with E-state index in [1.807, 2.05) is 6.07 Å². The molecular formula is C18H18N4O3. The van der Waals surface area contributed by atoms with E-state index in [1.165, 1.54) is 0 Å². The molecular weight excluding hydrogens is 320 g/mol. The van der Waals surface area contributed by atoms with Crippen LogP contribution in [0.3, 0.4) is 0 Å². The Morgan fingerprint density at radius 2 is 2.20 bits per heavy atom. The van der Waals surface area contributed by atoms with Crippen LogP contribution in [0.2, 0.25) is 0 Å². The van der Waals surface area contributed by atoms with Crippen molar-refractivity contribution in [2.45, 2.75) is 38.5 Å². The summed E-state index contributed by atoms with van der Waals surface area (Å²) in [4.78, 5) is 32.1. The zero-order chi connectivity index (χ0) is 17.4. The van der Waals surface area contributed by atoms with Crippen molar-refractivity contribution in [1.29, 1.82) is 0 Å². The Balaban J connectivity index is 1.36. The van der Waals surface area contributed by atoms with E-state index < -0.39 is 0 Å². The molecule has 1 amide bonds. The van der Waals surface area contributed by atoms with E-state index in [4.69, 9.17) is 4.52 Å². The number of anilines is 1. The molecule has 0 bridgehead atoms. The van der Waals surface area contributed by atoms with Crippen LogP contribution in [0.15, 0.2) is 22.9 Å². The van der Waals surface area contributed by atoms with Gasteiger partial charge in [0.2, 0.25) is 11.8 Å². The van der Waals surface area contributed by atoms with Crippen molar-refractivity contribution in [3.8, 4) is 0 Å². The van der Waals surface area contributed by atoms with Crippen LogP contribution < -0.4 is 5.32 Å². The maximum absolute atomic E-state index is 12.3. The molecule has 4 rings (SSSR count). The van der Waals surface area contributed by atoms with Gasteiger partial charge >= 0.3 is 0 Å². The zero-order valence-electron chi connectivity index (χ0n) is 13.9. The molecule has 2 aliphatic rings. The lowest BCUT2D eigenvalue weighted by Crippen LogP contribution is -2.28. The topological polar surface area (TPSA) is 98.0 Å². The summed E-state index contributed by atoms with van der Waals surface area (Å²) in [6.45, 7) is 1.76. The number of carbonyl (C=O) groups excluding carboxylic acids is 2. The SMILES string of the molecule is Cc1nc(C2CC(C(=O)/C=C/c3cnc4c(c3)CCC(=O)N4)C2)no1. The minimum atomic E-state index is -0.00481. The molecule has 128 valence electrons. The largest absolute Gasteiger partial charge is 0.340 e. The third kappa shape index (κ3) is 3.22. The fourth-order valence-electron chi connectivity index (χ4n) is 3.22. The number of amides is 1. The lowest BCUT2D eigenvalue weighted by atomic mass is 9.72. The molecule has 1 aliphatic carbocycles. The quantitative estimate of drug-likeness (QED) is 0.860. The van der Waals surface area contributed by atoms with Gasteiger partial charge in [-0.1, -0.05) is 5.16 Å². The first kappa shape index (κ1) is 15.7. The van der Waals surface area contributed by atoms with Crippen molar-refractivity contribution >= 4 is 23.6 Å². The fraction of sp³-hybridized carbons (Fsp3) is 0.389. The van der Waals surface area contributed by atoms with Gasteiger partial charge in [0.25, 0.3) is 0 Å². The Morgan fingerprint density at radius 3 is 2.96 bits per heavy atom. The molecule has 0 aromatic carbocycles. The molecule has 2 aromatic heterocycles. The predicted molar refractivity (Wildman–Crippen MR) is 89.7 cm³/mol. The number of nitrogens with one attached hydrogen (secondary N) is 1.